The smallest absolute Gasteiger partial charge is 0.308 e. The molecular formula is C13H15BrO3. The minimum absolute atomic E-state index is 0.161. The fourth-order valence-corrected chi connectivity index (χ4v) is 2.45. The number of carbonyl (C=O) groups excluding carboxylic acids is 1. The molecule has 0 aliphatic carbocycles. The third kappa shape index (κ3) is 3.07. The van der Waals surface area contributed by atoms with Crippen molar-refractivity contribution in [2.45, 2.75) is 25.9 Å². The molecule has 0 fully saturated rings. The van der Waals surface area contributed by atoms with Gasteiger partial charge in [-0.3, -0.25) is 4.79 Å². The fraction of sp³-hybridized carbons (Fsp3) is 0.462. The molecule has 1 atom stereocenters. The van der Waals surface area contributed by atoms with Crippen molar-refractivity contribution < 1.29 is 14.3 Å². The third-order valence-corrected chi connectivity index (χ3v) is 3.29. The minimum Gasteiger partial charge on any atom is -0.466 e. The van der Waals surface area contributed by atoms with Crippen LogP contribution in [0.25, 0.3) is 0 Å². The summed E-state index contributed by atoms with van der Waals surface area (Å²) < 4.78 is 11.7. The predicted molar refractivity (Wildman–Crippen MR) is 67.8 cm³/mol. The molecule has 0 spiro atoms. The molecule has 0 bridgehead atoms. The molecule has 1 aliphatic rings. The van der Waals surface area contributed by atoms with E-state index < -0.39 is 0 Å². The Balaban J connectivity index is 2.14. The second kappa shape index (κ2) is 5.65. The van der Waals surface area contributed by atoms with Crippen LogP contribution in [0.15, 0.2) is 22.7 Å². The Morgan fingerprint density at radius 2 is 2.41 bits per heavy atom. The van der Waals surface area contributed by atoms with Crippen molar-refractivity contribution in [3.05, 3.63) is 33.8 Å². The quantitative estimate of drug-likeness (QED) is 0.805. The highest BCUT2D eigenvalue weighted by atomic mass is 79.9. The van der Waals surface area contributed by atoms with Gasteiger partial charge in [-0.1, -0.05) is 22.0 Å². The lowest BCUT2D eigenvalue weighted by atomic mass is 9.96. The molecule has 92 valence electrons. The third-order valence-electron chi connectivity index (χ3n) is 2.80. The Labute approximate surface area is 109 Å². The van der Waals surface area contributed by atoms with E-state index >= 15 is 0 Å². The lowest BCUT2D eigenvalue weighted by Crippen LogP contribution is -2.20. The summed E-state index contributed by atoms with van der Waals surface area (Å²) in [6.07, 6.45) is 1.03. The molecule has 1 heterocycles. The number of benzene rings is 1. The zero-order chi connectivity index (χ0) is 12.3. The molecule has 17 heavy (non-hydrogen) atoms. The molecule has 0 N–H and O–H groups in total. The maximum Gasteiger partial charge on any atom is 0.308 e. The first-order chi connectivity index (χ1) is 8.20. The molecular weight excluding hydrogens is 284 g/mol. The number of rotatable bonds is 3. The van der Waals surface area contributed by atoms with Crippen molar-refractivity contribution in [1.82, 2.24) is 0 Å². The maximum atomic E-state index is 11.5. The number of esters is 1. The molecule has 0 aromatic heterocycles. The van der Waals surface area contributed by atoms with E-state index in [1.165, 1.54) is 5.56 Å². The Bertz CT molecular complexity index is 417. The van der Waals surface area contributed by atoms with Crippen LogP contribution in [0.4, 0.5) is 0 Å². The van der Waals surface area contributed by atoms with Gasteiger partial charge in [0, 0.05) is 4.47 Å². The van der Waals surface area contributed by atoms with Crippen LogP contribution in [0.2, 0.25) is 0 Å². The molecule has 0 saturated carbocycles. The van der Waals surface area contributed by atoms with E-state index in [1.54, 1.807) is 0 Å². The number of carbonyl (C=O) groups is 1. The SMILES string of the molecule is CCOC(=O)C[C@H]1OCCc2cc(Br)ccc21. The van der Waals surface area contributed by atoms with E-state index in [0.29, 0.717) is 19.6 Å². The molecule has 4 heteroatoms. The first-order valence-corrected chi connectivity index (χ1v) is 6.55. The molecule has 0 unspecified atom stereocenters. The molecule has 0 radical (unpaired) electrons. The van der Waals surface area contributed by atoms with Crippen LogP contribution >= 0.6 is 15.9 Å². The van der Waals surface area contributed by atoms with Crippen LogP contribution in [0.5, 0.6) is 0 Å². The van der Waals surface area contributed by atoms with Crippen molar-refractivity contribution in [3.63, 3.8) is 0 Å². The summed E-state index contributed by atoms with van der Waals surface area (Å²) in [5.41, 5.74) is 2.35. The van der Waals surface area contributed by atoms with Gasteiger partial charge in [0.1, 0.15) is 0 Å². The molecule has 3 nitrogen and oxygen atoms in total. The van der Waals surface area contributed by atoms with Gasteiger partial charge in [0.2, 0.25) is 0 Å². The maximum absolute atomic E-state index is 11.5. The normalized spacial score (nSPS) is 18.6. The van der Waals surface area contributed by atoms with Gasteiger partial charge in [0.15, 0.2) is 0 Å². The minimum atomic E-state index is -0.201. The molecule has 0 saturated heterocycles. The Kier molecular flexibility index (Phi) is 4.18. The van der Waals surface area contributed by atoms with E-state index in [-0.39, 0.29) is 12.1 Å². The average Bonchev–Trinajstić information content (AvgIpc) is 2.29. The van der Waals surface area contributed by atoms with Crippen molar-refractivity contribution >= 4 is 21.9 Å². The molecule has 1 aromatic rings. The van der Waals surface area contributed by atoms with Crippen LogP contribution in [0.3, 0.4) is 0 Å². The fourth-order valence-electron chi connectivity index (χ4n) is 2.05. The summed E-state index contributed by atoms with van der Waals surface area (Å²) in [5, 5.41) is 0. The lowest BCUT2D eigenvalue weighted by Gasteiger charge is -2.25. The van der Waals surface area contributed by atoms with Crippen LogP contribution < -0.4 is 0 Å². The summed E-state index contributed by atoms with van der Waals surface area (Å²) in [7, 11) is 0. The first kappa shape index (κ1) is 12.6. The molecule has 2 rings (SSSR count). The topological polar surface area (TPSA) is 35.5 Å². The van der Waals surface area contributed by atoms with Crippen molar-refractivity contribution in [2.24, 2.45) is 0 Å². The standard InChI is InChI=1S/C13H15BrO3/c1-2-16-13(15)8-12-11-4-3-10(14)7-9(11)5-6-17-12/h3-4,7,12H,2,5-6,8H2,1H3/t12-/m1/s1. The zero-order valence-electron chi connectivity index (χ0n) is 9.74. The largest absolute Gasteiger partial charge is 0.466 e. The van der Waals surface area contributed by atoms with Gasteiger partial charge >= 0.3 is 5.97 Å². The van der Waals surface area contributed by atoms with E-state index in [2.05, 4.69) is 22.0 Å². The highest BCUT2D eigenvalue weighted by molar-refractivity contribution is 9.10. The second-order valence-electron chi connectivity index (χ2n) is 3.96. The zero-order valence-corrected chi connectivity index (χ0v) is 11.3. The first-order valence-electron chi connectivity index (χ1n) is 5.76. The Morgan fingerprint density at radius 3 is 3.18 bits per heavy atom. The summed E-state index contributed by atoms with van der Waals surface area (Å²) >= 11 is 3.45. The second-order valence-corrected chi connectivity index (χ2v) is 4.88. The lowest BCUT2D eigenvalue weighted by molar-refractivity contribution is -0.146. The summed E-state index contributed by atoms with van der Waals surface area (Å²) in [6, 6.07) is 6.09. The van der Waals surface area contributed by atoms with Gasteiger partial charge in [0.05, 0.1) is 25.7 Å². The number of hydrogen-bond donors (Lipinski definition) is 0. The highest BCUT2D eigenvalue weighted by Crippen LogP contribution is 2.31. The van der Waals surface area contributed by atoms with Crippen LogP contribution in [-0.2, 0) is 20.7 Å². The van der Waals surface area contributed by atoms with Gasteiger partial charge in [-0.05, 0) is 36.6 Å². The van der Waals surface area contributed by atoms with Gasteiger partial charge in [-0.15, -0.1) is 0 Å². The number of fused-ring (bicyclic) bond motifs is 1. The van der Waals surface area contributed by atoms with Crippen molar-refractivity contribution in [1.29, 1.82) is 0 Å². The average molecular weight is 299 g/mol. The van der Waals surface area contributed by atoms with Gasteiger partial charge in [0.25, 0.3) is 0 Å². The highest BCUT2D eigenvalue weighted by Gasteiger charge is 2.23. The summed E-state index contributed by atoms with van der Waals surface area (Å²) in [5.74, 6) is -0.201. The van der Waals surface area contributed by atoms with Crippen molar-refractivity contribution in [2.75, 3.05) is 13.2 Å². The summed E-state index contributed by atoms with van der Waals surface area (Å²) in [4.78, 5) is 11.5. The van der Waals surface area contributed by atoms with Crippen LogP contribution in [-0.4, -0.2) is 19.2 Å². The van der Waals surface area contributed by atoms with E-state index in [1.807, 2.05) is 19.1 Å². The number of ether oxygens (including phenoxy) is 2. The Hall–Kier alpha value is -0.870. The molecule has 1 aromatic carbocycles. The number of hydrogen-bond acceptors (Lipinski definition) is 3. The summed E-state index contributed by atoms with van der Waals surface area (Å²) in [6.45, 7) is 2.89. The van der Waals surface area contributed by atoms with Gasteiger partial charge in [-0.25, -0.2) is 0 Å². The predicted octanol–water partition coefficient (Wildman–Crippen LogP) is 3.02. The number of halogens is 1. The van der Waals surface area contributed by atoms with Crippen LogP contribution in [0, 0.1) is 0 Å². The molecule has 1 aliphatic heterocycles. The van der Waals surface area contributed by atoms with Crippen molar-refractivity contribution in [3.8, 4) is 0 Å². The monoisotopic (exact) mass is 298 g/mol. The Morgan fingerprint density at radius 1 is 1.59 bits per heavy atom. The van der Waals surface area contributed by atoms with Gasteiger partial charge in [-0.2, -0.15) is 0 Å². The van der Waals surface area contributed by atoms with Crippen LogP contribution in [0.1, 0.15) is 30.6 Å². The van der Waals surface area contributed by atoms with E-state index in [9.17, 15) is 4.79 Å². The van der Waals surface area contributed by atoms with Gasteiger partial charge < -0.3 is 9.47 Å². The van der Waals surface area contributed by atoms with E-state index in [0.717, 1.165) is 16.5 Å². The molecule has 0 amide bonds. The van der Waals surface area contributed by atoms with E-state index in [4.69, 9.17) is 9.47 Å².